The Morgan fingerprint density at radius 1 is 0.745 bits per heavy atom. The molecule has 9 N–H and O–H groups in total. The zero-order valence-corrected chi connectivity index (χ0v) is 33.4. The predicted molar refractivity (Wildman–Crippen MR) is 194 cm³/mol. The van der Waals surface area contributed by atoms with Crippen LogP contribution in [0.25, 0.3) is 0 Å². The van der Waals surface area contributed by atoms with Crippen LogP contribution in [0.1, 0.15) is 106 Å². The monoisotopic (exact) mass is 782 g/mol. The molecule has 14 heteroatoms. The Hall–Kier alpha value is -1.27. The highest BCUT2D eigenvalue weighted by Crippen LogP contribution is 2.76. The van der Waals surface area contributed by atoms with Crippen LogP contribution >= 0.6 is 0 Å². The van der Waals surface area contributed by atoms with E-state index in [4.69, 9.17) is 18.9 Å². The summed E-state index contributed by atoms with van der Waals surface area (Å²) in [7, 11) is 0. The Labute approximate surface area is 323 Å². The molecule has 2 aliphatic heterocycles. The van der Waals surface area contributed by atoms with Gasteiger partial charge in [-0.05, 0) is 97.2 Å². The lowest BCUT2D eigenvalue weighted by molar-refractivity contribution is -0.390. The van der Waals surface area contributed by atoms with Crippen molar-refractivity contribution in [2.75, 3.05) is 6.61 Å². The van der Waals surface area contributed by atoms with Gasteiger partial charge in [-0.15, -0.1) is 0 Å². The molecule has 0 spiro atoms. The first-order chi connectivity index (χ1) is 25.5. The molecule has 6 fully saturated rings. The van der Waals surface area contributed by atoms with Crippen LogP contribution in [0.2, 0.25) is 0 Å². The van der Waals surface area contributed by atoms with Gasteiger partial charge in [-0.1, -0.05) is 60.1 Å². The van der Waals surface area contributed by atoms with E-state index in [2.05, 4.69) is 47.6 Å². The van der Waals surface area contributed by atoms with Crippen molar-refractivity contribution >= 4 is 5.97 Å². The molecule has 7 rings (SSSR count). The Bertz CT molecular complexity index is 1510. The molecule has 0 aromatic rings. The van der Waals surface area contributed by atoms with Gasteiger partial charge in [0.1, 0.15) is 36.6 Å². The zero-order valence-electron chi connectivity index (χ0n) is 33.4. The molecule has 314 valence electrons. The van der Waals surface area contributed by atoms with E-state index < -0.39 is 79.1 Å². The summed E-state index contributed by atoms with van der Waals surface area (Å²) in [6.07, 6.45) is -9.42. The average molecular weight is 783 g/mol. The quantitative estimate of drug-likeness (QED) is 0.138. The third-order valence-electron chi connectivity index (χ3n) is 17.1. The Morgan fingerprint density at radius 3 is 2.09 bits per heavy atom. The summed E-state index contributed by atoms with van der Waals surface area (Å²) < 4.78 is 23.3. The fourth-order valence-electron chi connectivity index (χ4n) is 13.5. The van der Waals surface area contributed by atoms with Gasteiger partial charge >= 0.3 is 5.97 Å². The molecule has 2 saturated heterocycles. The van der Waals surface area contributed by atoms with Crippen LogP contribution in [0, 0.1) is 50.2 Å². The average Bonchev–Trinajstić information content (AvgIpc) is 3.11. The number of allylic oxidation sites excluding steroid dienone is 2. The number of aliphatic hydroxyl groups is 8. The van der Waals surface area contributed by atoms with E-state index in [9.17, 15) is 50.8 Å². The number of fused-ring (bicyclic) bond motifs is 7. The summed E-state index contributed by atoms with van der Waals surface area (Å²) in [5.41, 5.74) is 0.255. The van der Waals surface area contributed by atoms with E-state index in [0.29, 0.717) is 18.3 Å². The van der Waals surface area contributed by atoms with Crippen molar-refractivity contribution in [2.45, 2.75) is 180 Å². The Balaban J connectivity index is 1.17. The van der Waals surface area contributed by atoms with Crippen LogP contribution in [0.15, 0.2) is 11.6 Å². The van der Waals surface area contributed by atoms with Gasteiger partial charge in [-0.2, -0.15) is 0 Å². The fourth-order valence-corrected chi connectivity index (χ4v) is 13.5. The van der Waals surface area contributed by atoms with Gasteiger partial charge in [0.25, 0.3) is 0 Å². The third kappa shape index (κ3) is 6.13. The molecule has 20 unspecified atom stereocenters. The number of hydrogen-bond donors (Lipinski definition) is 9. The number of aliphatic carboxylic acids is 1. The predicted octanol–water partition coefficient (Wildman–Crippen LogP) is 1.81. The lowest BCUT2D eigenvalue weighted by Gasteiger charge is -2.72. The van der Waals surface area contributed by atoms with E-state index in [1.165, 1.54) is 5.57 Å². The van der Waals surface area contributed by atoms with Gasteiger partial charge < -0.3 is 64.9 Å². The molecule has 0 radical (unpaired) electrons. The Morgan fingerprint density at radius 2 is 1.44 bits per heavy atom. The summed E-state index contributed by atoms with van der Waals surface area (Å²) in [6.45, 7) is 15.9. The van der Waals surface area contributed by atoms with Gasteiger partial charge in [0.15, 0.2) is 25.0 Å². The first kappa shape index (κ1) is 41.9. The number of ether oxygens (including phenoxy) is 4. The number of aliphatic hydroxyl groups excluding tert-OH is 8. The lowest BCUT2D eigenvalue weighted by Crippen LogP contribution is -2.68. The molecule has 55 heavy (non-hydrogen) atoms. The van der Waals surface area contributed by atoms with E-state index in [-0.39, 0.29) is 45.7 Å². The molecule has 0 aromatic heterocycles. The largest absolute Gasteiger partial charge is 0.479 e. The SMILES string of the molecule is CC1(C)CC(O)C2(C)CCC3(C)C(=CCC4C5(C)CCC(OC6OC(C(=O)O)C(O)C(O)C6OC6OC(O)C(O)C(O)C6O)C(C)(CO)C5CCC43C)C2C1. The molecule has 4 saturated carbocycles. The number of carboxylic acids is 1. The van der Waals surface area contributed by atoms with Crippen LogP contribution in [0.4, 0.5) is 0 Å². The van der Waals surface area contributed by atoms with Crippen molar-refractivity contribution in [3.05, 3.63) is 11.6 Å². The van der Waals surface area contributed by atoms with E-state index in [1.54, 1.807) is 0 Å². The van der Waals surface area contributed by atoms with Gasteiger partial charge in [-0.3, -0.25) is 0 Å². The van der Waals surface area contributed by atoms with Gasteiger partial charge in [0, 0.05) is 10.8 Å². The number of carbonyl (C=O) groups is 1. The minimum absolute atomic E-state index is 0.0197. The van der Waals surface area contributed by atoms with Crippen molar-refractivity contribution in [3.63, 3.8) is 0 Å². The maximum Gasteiger partial charge on any atom is 0.335 e. The molecule has 0 amide bonds. The highest BCUT2D eigenvalue weighted by molar-refractivity contribution is 5.73. The van der Waals surface area contributed by atoms with Crippen LogP contribution < -0.4 is 0 Å². The molecule has 0 aromatic carbocycles. The maximum absolute atomic E-state index is 12.2. The summed E-state index contributed by atoms with van der Waals surface area (Å²) in [4.78, 5) is 12.2. The van der Waals surface area contributed by atoms with Crippen LogP contribution in [0.5, 0.6) is 0 Å². The number of hydrogen-bond acceptors (Lipinski definition) is 13. The van der Waals surface area contributed by atoms with E-state index >= 15 is 0 Å². The molecule has 14 nitrogen and oxygen atoms in total. The molecular formula is C41H66O14. The van der Waals surface area contributed by atoms with E-state index in [1.807, 2.05) is 6.92 Å². The zero-order chi connectivity index (χ0) is 40.4. The maximum atomic E-state index is 12.2. The molecular weight excluding hydrogens is 716 g/mol. The molecule has 20 atom stereocenters. The highest BCUT2D eigenvalue weighted by Gasteiger charge is 2.69. The van der Waals surface area contributed by atoms with Crippen molar-refractivity contribution < 1.29 is 69.7 Å². The number of rotatable bonds is 6. The first-order valence-electron chi connectivity index (χ1n) is 20.4. The summed E-state index contributed by atoms with van der Waals surface area (Å²) in [5.74, 6) is -0.972. The van der Waals surface area contributed by atoms with E-state index in [0.717, 1.165) is 51.4 Å². The molecule has 5 aliphatic carbocycles. The van der Waals surface area contributed by atoms with Crippen molar-refractivity contribution in [1.82, 2.24) is 0 Å². The van der Waals surface area contributed by atoms with Crippen LogP contribution in [-0.2, 0) is 23.7 Å². The normalized spacial score (nSPS) is 56.3. The van der Waals surface area contributed by atoms with Gasteiger partial charge in [0.05, 0.1) is 18.8 Å². The number of carboxylic acid groups (broad SMARTS) is 1. The molecule has 2 heterocycles. The summed E-state index contributed by atoms with van der Waals surface area (Å²) >= 11 is 0. The topological polar surface area (TPSA) is 236 Å². The van der Waals surface area contributed by atoms with Crippen molar-refractivity contribution in [1.29, 1.82) is 0 Å². The fraction of sp³-hybridized carbons (Fsp3) is 0.927. The minimum atomic E-state index is -1.98. The molecule has 0 bridgehead atoms. The first-order valence-corrected chi connectivity index (χ1v) is 20.4. The standard InChI is InChI=1S/C41H66O14/c1-36(2)16-20-19-8-9-22-38(4)12-11-24(39(5,18-42)21(38)10-13-41(22,7)40(19,6)15-14-37(20,3)23(43)17-36)52-35-31(27(46)26(45)30(53-35)32(49)50)54-34-29(48)25(44)28(47)33(51)55-34/h8,20-31,33-35,42-48,51H,9-18H2,1-7H3,(H,49,50). The Kier molecular flexibility index (Phi) is 10.6. The summed E-state index contributed by atoms with van der Waals surface area (Å²) in [5, 5.41) is 95.6. The van der Waals surface area contributed by atoms with Crippen molar-refractivity contribution in [3.8, 4) is 0 Å². The summed E-state index contributed by atoms with van der Waals surface area (Å²) in [6, 6.07) is 0. The van der Waals surface area contributed by atoms with Gasteiger partial charge in [0.2, 0.25) is 0 Å². The van der Waals surface area contributed by atoms with Crippen LogP contribution in [0.3, 0.4) is 0 Å². The lowest BCUT2D eigenvalue weighted by atomic mass is 9.33. The minimum Gasteiger partial charge on any atom is -0.479 e. The van der Waals surface area contributed by atoms with Crippen molar-refractivity contribution in [2.24, 2.45) is 50.2 Å². The second-order valence-corrected chi connectivity index (χ2v) is 20.5. The second kappa shape index (κ2) is 13.9. The second-order valence-electron chi connectivity index (χ2n) is 20.5. The van der Waals surface area contributed by atoms with Crippen LogP contribution in [-0.4, -0.2) is 132 Å². The third-order valence-corrected chi connectivity index (χ3v) is 17.1. The highest BCUT2D eigenvalue weighted by atomic mass is 16.8. The van der Waals surface area contributed by atoms with Gasteiger partial charge in [-0.25, -0.2) is 4.79 Å². The molecule has 7 aliphatic rings. The smallest absolute Gasteiger partial charge is 0.335 e.